The molecule has 0 spiro atoms. The van der Waals surface area contributed by atoms with Gasteiger partial charge in [-0.3, -0.25) is 10.4 Å². The first kappa shape index (κ1) is 8.98. The number of hydrogen-bond acceptors (Lipinski definition) is 6. The zero-order valence-corrected chi connectivity index (χ0v) is 8.86. The van der Waals surface area contributed by atoms with E-state index in [2.05, 4.69) is 20.8 Å². The molecule has 2 heterocycles. The molecule has 1 N–H and O–H groups in total. The Kier molecular flexibility index (Phi) is 2.82. The number of amidine groups is 1. The molecule has 4 nitrogen and oxygen atoms in total. The second kappa shape index (κ2) is 4.08. The van der Waals surface area contributed by atoms with E-state index in [-0.39, 0.29) is 0 Å². The van der Waals surface area contributed by atoms with Crippen LogP contribution in [0.2, 0.25) is 0 Å². The maximum Gasteiger partial charge on any atom is 0.122 e. The number of nitrogens with zero attached hydrogens (tertiary/aromatic N) is 3. The summed E-state index contributed by atoms with van der Waals surface area (Å²) < 4.78 is 2.01. The molecular weight excluding hydrogens is 204 g/mol. The molecule has 0 bridgehead atoms. The zero-order chi connectivity index (χ0) is 9.10. The minimum absolute atomic E-state index is 0.723. The van der Waals surface area contributed by atoms with Crippen LogP contribution >= 0.6 is 23.3 Å². The van der Waals surface area contributed by atoms with E-state index in [1.165, 1.54) is 0 Å². The van der Waals surface area contributed by atoms with Gasteiger partial charge >= 0.3 is 0 Å². The number of hydrogen-bond donors (Lipinski definition) is 1. The summed E-state index contributed by atoms with van der Waals surface area (Å²) in [7, 11) is 0. The molecule has 0 amide bonds. The highest BCUT2D eigenvalue weighted by Crippen LogP contribution is 2.16. The van der Waals surface area contributed by atoms with Crippen LogP contribution in [0.1, 0.15) is 12.6 Å². The van der Waals surface area contributed by atoms with Crippen molar-refractivity contribution in [3.05, 3.63) is 16.6 Å². The van der Waals surface area contributed by atoms with Crippen LogP contribution in [-0.4, -0.2) is 21.9 Å². The summed E-state index contributed by atoms with van der Waals surface area (Å²) in [6, 6.07) is 0. The number of aromatic nitrogens is 1. The van der Waals surface area contributed by atoms with Crippen LogP contribution in [0.25, 0.3) is 0 Å². The van der Waals surface area contributed by atoms with Crippen molar-refractivity contribution < 1.29 is 0 Å². The predicted octanol–water partition coefficient (Wildman–Crippen LogP) is 1.49. The Balaban J connectivity index is 1.75. The van der Waals surface area contributed by atoms with E-state index in [1.54, 1.807) is 23.3 Å². The highest BCUT2D eigenvalue weighted by molar-refractivity contribution is 7.96. The average molecular weight is 214 g/mol. The predicted molar refractivity (Wildman–Crippen MR) is 56.4 cm³/mol. The molecule has 6 heteroatoms. The standard InChI is InChI=1S/C7H10N4S2/c1-6-8-4-11(10-6)13-3-7-2-12-5-9-7/h2,5H,3-4H2,1H3,(H,8,10). The van der Waals surface area contributed by atoms with Gasteiger partial charge in [0.1, 0.15) is 12.5 Å². The van der Waals surface area contributed by atoms with Crippen molar-refractivity contribution in [2.24, 2.45) is 4.99 Å². The summed E-state index contributed by atoms with van der Waals surface area (Å²) in [6.45, 7) is 2.68. The highest BCUT2D eigenvalue weighted by atomic mass is 32.2. The van der Waals surface area contributed by atoms with Crippen LogP contribution in [0.5, 0.6) is 0 Å². The van der Waals surface area contributed by atoms with Crippen molar-refractivity contribution in [1.82, 2.24) is 14.8 Å². The van der Waals surface area contributed by atoms with Crippen molar-refractivity contribution in [2.75, 3.05) is 6.67 Å². The summed E-state index contributed by atoms with van der Waals surface area (Å²) in [4.78, 5) is 8.41. The number of nitrogens with one attached hydrogen (secondary N) is 1. The summed E-state index contributed by atoms with van der Waals surface area (Å²) in [5, 5.41) is 2.07. The normalized spacial score (nSPS) is 17.2. The lowest BCUT2D eigenvalue weighted by Gasteiger charge is -2.12. The number of hydrazine groups is 1. The fourth-order valence-corrected chi connectivity index (χ4v) is 2.39. The quantitative estimate of drug-likeness (QED) is 0.774. The van der Waals surface area contributed by atoms with Gasteiger partial charge in [0.25, 0.3) is 0 Å². The molecule has 1 aliphatic rings. The number of rotatable bonds is 3. The summed E-state index contributed by atoms with van der Waals surface area (Å²) >= 11 is 3.33. The van der Waals surface area contributed by atoms with Crippen molar-refractivity contribution in [3.8, 4) is 0 Å². The Labute approximate surface area is 85.2 Å². The molecule has 1 aromatic heterocycles. The minimum Gasteiger partial charge on any atom is -0.296 e. The molecule has 2 rings (SSSR count). The first-order valence-corrected chi connectivity index (χ1v) is 5.78. The van der Waals surface area contributed by atoms with Crippen LogP contribution in [-0.2, 0) is 5.75 Å². The summed E-state index contributed by atoms with van der Waals surface area (Å²) in [5.74, 6) is 1.88. The lowest BCUT2D eigenvalue weighted by molar-refractivity contribution is 0.480. The number of thiazole rings is 1. The van der Waals surface area contributed by atoms with Gasteiger partial charge in [-0.25, -0.2) is 4.98 Å². The molecule has 70 valence electrons. The third-order valence-corrected chi connectivity index (χ3v) is 3.15. The molecule has 0 fully saturated rings. The largest absolute Gasteiger partial charge is 0.296 e. The van der Waals surface area contributed by atoms with E-state index < -0.39 is 0 Å². The lowest BCUT2D eigenvalue weighted by Crippen LogP contribution is -2.28. The van der Waals surface area contributed by atoms with E-state index in [9.17, 15) is 0 Å². The van der Waals surface area contributed by atoms with E-state index in [0.717, 1.165) is 24.0 Å². The lowest BCUT2D eigenvalue weighted by atomic mass is 10.6. The average Bonchev–Trinajstić information content (AvgIpc) is 2.71. The van der Waals surface area contributed by atoms with Crippen LogP contribution in [0, 0.1) is 0 Å². The van der Waals surface area contributed by atoms with Crippen LogP contribution in [0.3, 0.4) is 0 Å². The molecule has 0 unspecified atom stereocenters. The van der Waals surface area contributed by atoms with Gasteiger partial charge in [0.05, 0.1) is 17.0 Å². The Morgan fingerprint density at radius 2 is 2.69 bits per heavy atom. The molecule has 0 atom stereocenters. The van der Waals surface area contributed by atoms with E-state index in [0.29, 0.717) is 0 Å². The van der Waals surface area contributed by atoms with Gasteiger partial charge in [0.15, 0.2) is 0 Å². The number of aliphatic imine (C=N–C) groups is 1. The monoisotopic (exact) mass is 214 g/mol. The van der Waals surface area contributed by atoms with E-state index >= 15 is 0 Å². The maximum atomic E-state index is 4.21. The molecule has 0 aliphatic carbocycles. The van der Waals surface area contributed by atoms with Gasteiger partial charge in [-0.2, -0.15) is 0 Å². The summed E-state index contributed by atoms with van der Waals surface area (Å²) in [5.41, 5.74) is 6.12. The van der Waals surface area contributed by atoms with E-state index in [4.69, 9.17) is 0 Å². The van der Waals surface area contributed by atoms with Gasteiger partial charge in [-0.1, -0.05) is 0 Å². The molecule has 0 radical (unpaired) electrons. The Morgan fingerprint density at radius 3 is 3.31 bits per heavy atom. The zero-order valence-electron chi connectivity index (χ0n) is 7.23. The van der Waals surface area contributed by atoms with Crippen molar-refractivity contribution in [3.63, 3.8) is 0 Å². The molecule has 0 saturated heterocycles. The minimum atomic E-state index is 0.723. The third kappa shape index (κ3) is 2.43. The molecule has 1 aromatic rings. The summed E-state index contributed by atoms with van der Waals surface area (Å²) in [6.07, 6.45) is 0. The van der Waals surface area contributed by atoms with Crippen molar-refractivity contribution in [1.29, 1.82) is 0 Å². The van der Waals surface area contributed by atoms with Crippen LogP contribution in [0.4, 0.5) is 0 Å². The maximum absolute atomic E-state index is 4.21. The van der Waals surface area contributed by atoms with Gasteiger partial charge < -0.3 is 0 Å². The second-order valence-electron chi connectivity index (χ2n) is 2.63. The molecular formula is C7H10N4S2. The molecule has 1 aliphatic heterocycles. The topological polar surface area (TPSA) is 40.5 Å². The van der Waals surface area contributed by atoms with Gasteiger partial charge in [0.2, 0.25) is 0 Å². The van der Waals surface area contributed by atoms with E-state index in [1.807, 2.05) is 16.8 Å². The SMILES string of the molecule is CC1=NCN(SCc2cscn2)N1. The first-order valence-electron chi connectivity index (χ1n) is 3.90. The Morgan fingerprint density at radius 1 is 1.77 bits per heavy atom. The first-order chi connectivity index (χ1) is 6.34. The fourth-order valence-electron chi connectivity index (χ4n) is 0.947. The molecule has 0 saturated carbocycles. The van der Waals surface area contributed by atoms with Crippen LogP contribution < -0.4 is 5.43 Å². The second-order valence-corrected chi connectivity index (χ2v) is 4.33. The highest BCUT2D eigenvalue weighted by Gasteiger charge is 2.11. The Bertz CT molecular complexity index is 295. The van der Waals surface area contributed by atoms with Gasteiger partial charge in [-0.05, 0) is 18.9 Å². The van der Waals surface area contributed by atoms with Crippen LogP contribution in [0.15, 0.2) is 15.9 Å². The third-order valence-electron chi connectivity index (χ3n) is 1.57. The molecule has 13 heavy (non-hydrogen) atoms. The Hall–Kier alpha value is -0.590. The fraction of sp³-hybridized carbons (Fsp3) is 0.429. The van der Waals surface area contributed by atoms with Crippen molar-refractivity contribution >= 4 is 29.1 Å². The van der Waals surface area contributed by atoms with Crippen molar-refractivity contribution in [2.45, 2.75) is 12.7 Å². The molecule has 0 aromatic carbocycles. The smallest absolute Gasteiger partial charge is 0.122 e. The van der Waals surface area contributed by atoms with Gasteiger partial charge in [0, 0.05) is 5.38 Å². The van der Waals surface area contributed by atoms with Gasteiger partial charge in [-0.15, -0.1) is 15.8 Å².